The van der Waals surface area contributed by atoms with Gasteiger partial charge in [0.15, 0.2) is 5.79 Å². The summed E-state index contributed by atoms with van der Waals surface area (Å²) >= 11 is 0. The maximum atomic E-state index is 11.7. The molecule has 1 rings (SSSR count). The van der Waals surface area contributed by atoms with Gasteiger partial charge in [-0.15, -0.1) is 0 Å². The van der Waals surface area contributed by atoms with E-state index in [0.29, 0.717) is 13.2 Å². The van der Waals surface area contributed by atoms with Crippen molar-refractivity contribution in [3.8, 4) is 0 Å². The van der Waals surface area contributed by atoms with Gasteiger partial charge in [-0.1, -0.05) is 96.8 Å². The Labute approximate surface area is 179 Å². The van der Waals surface area contributed by atoms with E-state index >= 15 is 0 Å². The van der Waals surface area contributed by atoms with E-state index in [2.05, 4.69) is 12.2 Å². The molecule has 0 spiro atoms. The van der Waals surface area contributed by atoms with Crippen LogP contribution in [0.15, 0.2) is 0 Å². The molecule has 1 aliphatic rings. The van der Waals surface area contributed by atoms with Crippen molar-refractivity contribution in [2.45, 2.75) is 129 Å². The minimum atomic E-state index is -0.571. The van der Waals surface area contributed by atoms with Crippen LogP contribution in [0.5, 0.6) is 0 Å². The molecule has 1 fully saturated rings. The largest absolute Gasteiger partial charge is 0.447 e. The summed E-state index contributed by atoms with van der Waals surface area (Å²) in [4.78, 5) is 11.7. The van der Waals surface area contributed by atoms with Crippen molar-refractivity contribution in [3.05, 3.63) is 0 Å². The average Bonchev–Trinajstić information content (AvgIpc) is 3.05. The molecular weight excluding hydrogens is 366 g/mol. The van der Waals surface area contributed by atoms with Crippen LogP contribution in [-0.4, -0.2) is 37.7 Å². The lowest BCUT2D eigenvalue weighted by Gasteiger charge is -2.17. The third kappa shape index (κ3) is 15.7. The van der Waals surface area contributed by atoms with E-state index in [1.807, 2.05) is 13.8 Å². The molecular formula is C24H47NO4. The first-order valence-electron chi connectivity index (χ1n) is 12.3. The number of ether oxygens (including phenoxy) is 3. The molecule has 172 valence electrons. The Morgan fingerprint density at radius 3 is 1.79 bits per heavy atom. The molecule has 1 amide bonds. The fourth-order valence-electron chi connectivity index (χ4n) is 3.75. The highest BCUT2D eigenvalue weighted by Gasteiger charge is 2.33. The maximum absolute atomic E-state index is 11.7. The number of alkyl carbamates (subject to hydrolysis) is 1. The summed E-state index contributed by atoms with van der Waals surface area (Å²) in [5.74, 6) is -0.571. The number of carbonyl (C=O) groups excluding carboxylic acids is 1. The van der Waals surface area contributed by atoms with E-state index in [1.165, 1.54) is 89.9 Å². The molecule has 0 aliphatic carbocycles. The fraction of sp³-hybridized carbons (Fsp3) is 0.958. The summed E-state index contributed by atoms with van der Waals surface area (Å²) in [6.07, 6.45) is 19.7. The van der Waals surface area contributed by atoms with E-state index in [9.17, 15) is 4.79 Å². The fourth-order valence-corrected chi connectivity index (χ4v) is 3.75. The Bertz CT molecular complexity index is 400. The topological polar surface area (TPSA) is 56.8 Å². The SMILES string of the molecule is CCCCCCCCCCCCCCCCCNC(=O)OC[C@H]1COC(C)(C)O1. The van der Waals surface area contributed by atoms with Crippen molar-refractivity contribution in [2.24, 2.45) is 0 Å². The molecule has 5 nitrogen and oxygen atoms in total. The minimum Gasteiger partial charge on any atom is -0.447 e. The van der Waals surface area contributed by atoms with E-state index in [4.69, 9.17) is 14.2 Å². The average molecular weight is 414 g/mol. The second-order valence-corrected chi connectivity index (χ2v) is 8.93. The second-order valence-electron chi connectivity index (χ2n) is 8.93. The molecule has 0 bridgehead atoms. The number of amides is 1. The molecule has 1 N–H and O–H groups in total. The third-order valence-corrected chi connectivity index (χ3v) is 5.52. The highest BCUT2D eigenvalue weighted by atomic mass is 16.7. The van der Waals surface area contributed by atoms with Crippen LogP contribution >= 0.6 is 0 Å². The maximum Gasteiger partial charge on any atom is 0.407 e. The van der Waals surface area contributed by atoms with Gasteiger partial charge in [-0.2, -0.15) is 0 Å². The predicted molar refractivity (Wildman–Crippen MR) is 119 cm³/mol. The van der Waals surface area contributed by atoms with E-state index in [0.717, 1.165) is 6.42 Å². The lowest BCUT2D eigenvalue weighted by molar-refractivity contribution is -0.142. The lowest BCUT2D eigenvalue weighted by Crippen LogP contribution is -2.30. The Morgan fingerprint density at radius 1 is 0.862 bits per heavy atom. The van der Waals surface area contributed by atoms with Gasteiger partial charge in [0.25, 0.3) is 0 Å². The van der Waals surface area contributed by atoms with Gasteiger partial charge in [-0.05, 0) is 20.3 Å². The third-order valence-electron chi connectivity index (χ3n) is 5.52. The van der Waals surface area contributed by atoms with E-state index < -0.39 is 5.79 Å². The van der Waals surface area contributed by atoms with Gasteiger partial charge < -0.3 is 19.5 Å². The van der Waals surface area contributed by atoms with Gasteiger partial charge in [0, 0.05) is 6.54 Å². The highest BCUT2D eigenvalue weighted by Crippen LogP contribution is 2.22. The summed E-state index contributed by atoms with van der Waals surface area (Å²) in [6, 6.07) is 0. The normalized spacial score (nSPS) is 18.1. The van der Waals surface area contributed by atoms with Crippen molar-refractivity contribution >= 4 is 6.09 Å². The van der Waals surface area contributed by atoms with Gasteiger partial charge >= 0.3 is 6.09 Å². The van der Waals surface area contributed by atoms with Crippen LogP contribution in [0.2, 0.25) is 0 Å². The zero-order valence-corrected chi connectivity index (χ0v) is 19.4. The van der Waals surface area contributed by atoms with Crippen molar-refractivity contribution in [2.75, 3.05) is 19.8 Å². The van der Waals surface area contributed by atoms with Crippen molar-refractivity contribution < 1.29 is 19.0 Å². The number of hydrogen-bond donors (Lipinski definition) is 1. The van der Waals surface area contributed by atoms with Crippen molar-refractivity contribution in [3.63, 3.8) is 0 Å². The summed E-state index contributed by atoms with van der Waals surface area (Å²) in [5, 5.41) is 2.82. The van der Waals surface area contributed by atoms with Crippen LogP contribution in [0.1, 0.15) is 117 Å². The monoisotopic (exact) mass is 413 g/mol. The van der Waals surface area contributed by atoms with Crippen molar-refractivity contribution in [1.82, 2.24) is 5.32 Å². The number of carbonyl (C=O) groups is 1. The first kappa shape index (κ1) is 26.2. The van der Waals surface area contributed by atoms with E-state index in [-0.39, 0.29) is 18.8 Å². The Kier molecular flexibility index (Phi) is 15.3. The molecule has 0 aromatic carbocycles. The lowest BCUT2D eigenvalue weighted by atomic mass is 10.0. The Hall–Kier alpha value is -0.810. The molecule has 0 aromatic rings. The summed E-state index contributed by atoms with van der Waals surface area (Å²) in [5.41, 5.74) is 0. The zero-order chi connectivity index (χ0) is 21.2. The van der Waals surface area contributed by atoms with E-state index in [1.54, 1.807) is 0 Å². The molecule has 0 unspecified atom stereocenters. The number of nitrogens with one attached hydrogen (secondary N) is 1. The molecule has 0 aromatic heterocycles. The smallest absolute Gasteiger partial charge is 0.407 e. The predicted octanol–water partition coefficient (Wildman–Crippen LogP) is 6.74. The molecule has 1 aliphatic heterocycles. The number of rotatable bonds is 18. The summed E-state index contributed by atoms with van der Waals surface area (Å²) in [6.45, 7) is 7.41. The van der Waals surface area contributed by atoms with Crippen LogP contribution in [0, 0.1) is 0 Å². The van der Waals surface area contributed by atoms with Gasteiger partial charge in [0.05, 0.1) is 6.61 Å². The van der Waals surface area contributed by atoms with Gasteiger partial charge in [-0.3, -0.25) is 0 Å². The van der Waals surface area contributed by atoms with Gasteiger partial charge in [0.1, 0.15) is 12.7 Å². The molecule has 1 atom stereocenters. The second kappa shape index (κ2) is 16.9. The molecule has 1 heterocycles. The number of hydrogen-bond acceptors (Lipinski definition) is 4. The van der Waals surface area contributed by atoms with Crippen LogP contribution in [0.25, 0.3) is 0 Å². The van der Waals surface area contributed by atoms with Crippen LogP contribution in [0.4, 0.5) is 4.79 Å². The van der Waals surface area contributed by atoms with Crippen molar-refractivity contribution in [1.29, 1.82) is 0 Å². The van der Waals surface area contributed by atoms with Crippen LogP contribution < -0.4 is 5.32 Å². The first-order chi connectivity index (χ1) is 14.0. The summed E-state index contributed by atoms with van der Waals surface area (Å²) in [7, 11) is 0. The quantitative estimate of drug-likeness (QED) is 0.253. The Morgan fingerprint density at radius 2 is 1.34 bits per heavy atom. The van der Waals surface area contributed by atoms with Gasteiger partial charge in [-0.25, -0.2) is 4.79 Å². The highest BCUT2D eigenvalue weighted by molar-refractivity contribution is 5.67. The summed E-state index contributed by atoms with van der Waals surface area (Å²) < 4.78 is 16.2. The molecule has 1 saturated heterocycles. The molecule has 29 heavy (non-hydrogen) atoms. The molecule has 0 radical (unpaired) electrons. The molecule has 5 heteroatoms. The first-order valence-corrected chi connectivity index (χ1v) is 12.3. The number of unbranched alkanes of at least 4 members (excludes halogenated alkanes) is 14. The minimum absolute atomic E-state index is 0.165. The Balaban J connectivity index is 1.75. The molecule has 0 saturated carbocycles. The van der Waals surface area contributed by atoms with Crippen LogP contribution in [0.3, 0.4) is 0 Å². The zero-order valence-electron chi connectivity index (χ0n) is 19.4. The van der Waals surface area contributed by atoms with Crippen LogP contribution in [-0.2, 0) is 14.2 Å². The van der Waals surface area contributed by atoms with Gasteiger partial charge in [0.2, 0.25) is 0 Å². The standard InChI is InChI=1S/C24H47NO4/c1-4-5-6-7-8-9-10-11-12-13-14-15-16-17-18-19-25-23(26)27-20-22-21-28-24(2,3)29-22/h22H,4-21H2,1-3H3,(H,25,26)/t22-/m0/s1.